The van der Waals surface area contributed by atoms with Crippen LogP contribution in [-0.4, -0.2) is 44.7 Å². The zero-order chi connectivity index (χ0) is 28.3. The zero-order valence-corrected chi connectivity index (χ0v) is 23.8. The molecule has 1 aromatic heterocycles. The van der Waals surface area contributed by atoms with Gasteiger partial charge in [-0.3, -0.25) is 0 Å². The van der Waals surface area contributed by atoms with Crippen LogP contribution in [0.4, 0.5) is 17.2 Å². The van der Waals surface area contributed by atoms with Gasteiger partial charge in [-0.25, -0.2) is 9.98 Å². The normalized spacial score (nSPS) is 13.7. The summed E-state index contributed by atoms with van der Waals surface area (Å²) in [7, 11) is 8.20. The lowest BCUT2D eigenvalue weighted by atomic mass is 10.0. The van der Waals surface area contributed by atoms with Crippen LogP contribution in [0.25, 0.3) is 28.0 Å². The number of hydrogen-bond acceptors (Lipinski definition) is 3. The molecule has 5 aromatic rings. The minimum absolute atomic E-state index is 0.691. The lowest BCUT2D eigenvalue weighted by Crippen LogP contribution is -2.08. The Morgan fingerprint density at radius 2 is 1.12 bits per heavy atom. The molecule has 0 atom stereocenters. The molecule has 0 bridgehead atoms. The maximum Gasteiger partial charge on any atom is 0.162 e. The molecule has 5 nitrogen and oxygen atoms in total. The first-order valence-electron chi connectivity index (χ1n) is 13.7. The first-order valence-corrected chi connectivity index (χ1v) is 13.7. The van der Waals surface area contributed by atoms with Gasteiger partial charge in [-0.15, -0.1) is 0 Å². The van der Waals surface area contributed by atoms with E-state index in [0.717, 1.165) is 62.0 Å². The van der Waals surface area contributed by atoms with Gasteiger partial charge >= 0.3 is 0 Å². The number of hydrogen-bond donors (Lipinski definition) is 1. The Morgan fingerprint density at radius 3 is 1.68 bits per heavy atom. The van der Waals surface area contributed by atoms with E-state index in [-0.39, 0.29) is 0 Å². The fourth-order valence-electron chi connectivity index (χ4n) is 4.97. The van der Waals surface area contributed by atoms with Crippen molar-refractivity contribution in [2.45, 2.75) is 0 Å². The summed E-state index contributed by atoms with van der Waals surface area (Å²) in [6.07, 6.45) is 2.14. The summed E-state index contributed by atoms with van der Waals surface area (Å²) >= 11 is 0. The van der Waals surface area contributed by atoms with Gasteiger partial charge in [0, 0.05) is 62.0 Å². The van der Waals surface area contributed by atoms with Crippen LogP contribution in [-0.2, 0) is 0 Å². The second-order valence-corrected chi connectivity index (χ2v) is 10.6. The second kappa shape index (κ2) is 11.1. The van der Waals surface area contributed by atoms with E-state index in [1.165, 1.54) is 0 Å². The lowest BCUT2D eigenvalue weighted by molar-refractivity contribution is 1.13. The predicted octanol–water partition coefficient (Wildman–Crippen LogP) is 8.10. The fraction of sp³-hybridized carbons (Fsp3) is 0.111. The van der Waals surface area contributed by atoms with Crippen LogP contribution < -0.4 is 9.80 Å². The lowest BCUT2D eigenvalue weighted by Gasteiger charge is -2.12. The molecule has 5 heteroatoms. The van der Waals surface area contributed by atoms with Crippen molar-refractivity contribution in [1.29, 1.82) is 0 Å². The van der Waals surface area contributed by atoms with Crippen molar-refractivity contribution in [2.75, 3.05) is 38.0 Å². The number of nitrogens with one attached hydrogen (secondary N) is 1. The SMILES string of the molecule is CN(C)c1ccc(C2=N/C(=N\c3[nH]c(-c4ccc(N(C)C)cc4)cc3-c3ccccc3)C(c3ccccc3)=C2)cc1. The van der Waals surface area contributed by atoms with E-state index in [4.69, 9.17) is 9.98 Å². The van der Waals surface area contributed by atoms with Crippen LogP contribution in [0.5, 0.6) is 0 Å². The topological polar surface area (TPSA) is 47.0 Å². The molecule has 1 aliphatic rings. The highest BCUT2D eigenvalue weighted by Gasteiger charge is 2.21. The van der Waals surface area contributed by atoms with E-state index in [9.17, 15) is 0 Å². The molecule has 0 unspecified atom stereocenters. The maximum atomic E-state index is 5.19. The van der Waals surface area contributed by atoms with Crippen molar-refractivity contribution in [1.82, 2.24) is 4.98 Å². The third-order valence-electron chi connectivity index (χ3n) is 7.31. The first-order chi connectivity index (χ1) is 20.0. The first kappa shape index (κ1) is 26.1. The highest BCUT2D eigenvalue weighted by molar-refractivity contribution is 6.38. The van der Waals surface area contributed by atoms with Crippen molar-refractivity contribution >= 4 is 34.3 Å². The van der Waals surface area contributed by atoms with Crippen LogP contribution in [0.2, 0.25) is 0 Å². The predicted molar refractivity (Wildman–Crippen MR) is 175 cm³/mol. The molecule has 4 aromatic carbocycles. The average molecular weight is 536 g/mol. The number of H-pyrrole nitrogens is 1. The minimum Gasteiger partial charge on any atom is -0.378 e. The van der Waals surface area contributed by atoms with Gasteiger partial charge in [0.1, 0.15) is 5.82 Å². The van der Waals surface area contributed by atoms with Gasteiger partial charge in [0.05, 0.1) is 5.71 Å². The van der Waals surface area contributed by atoms with E-state index in [2.05, 4.69) is 138 Å². The molecule has 0 fully saturated rings. The molecule has 0 aliphatic carbocycles. The van der Waals surface area contributed by atoms with Gasteiger partial charge < -0.3 is 14.8 Å². The molecule has 0 saturated carbocycles. The van der Waals surface area contributed by atoms with Gasteiger partial charge in [0.15, 0.2) is 5.84 Å². The third kappa shape index (κ3) is 5.48. The summed E-state index contributed by atoms with van der Waals surface area (Å²) < 4.78 is 0. The fourth-order valence-corrected chi connectivity index (χ4v) is 4.97. The van der Waals surface area contributed by atoms with E-state index >= 15 is 0 Å². The summed E-state index contributed by atoms with van der Waals surface area (Å²) in [4.78, 5) is 18.1. The summed E-state index contributed by atoms with van der Waals surface area (Å²) in [5.74, 6) is 1.48. The van der Waals surface area contributed by atoms with Gasteiger partial charge in [-0.1, -0.05) is 84.9 Å². The number of aromatic amines is 1. The molecule has 0 spiro atoms. The van der Waals surface area contributed by atoms with Crippen LogP contribution >= 0.6 is 0 Å². The number of nitrogens with zero attached hydrogens (tertiary/aromatic N) is 4. The van der Waals surface area contributed by atoms with Crippen LogP contribution in [0.3, 0.4) is 0 Å². The quantitative estimate of drug-likeness (QED) is 0.229. The number of amidine groups is 1. The Morgan fingerprint density at radius 1 is 0.585 bits per heavy atom. The average Bonchev–Trinajstić information content (AvgIpc) is 3.63. The highest BCUT2D eigenvalue weighted by atomic mass is 15.1. The Labute approximate surface area is 241 Å². The largest absolute Gasteiger partial charge is 0.378 e. The molecule has 2 heterocycles. The number of allylic oxidation sites excluding steroid dienone is 1. The molecule has 1 N–H and O–H groups in total. The van der Waals surface area contributed by atoms with E-state index in [0.29, 0.717) is 5.84 Å². The molecule has 202 valence electrons. The van der Waals surface area contributed by atoms with E-state index in [1.807, 2.05) is 26.2 Å². The summed E-state index contributed by atoms with van der Waals surface area (Å²) in [5.41, 5.74) is 10.6. The molecule has 1 aliphatic heterocycles. The van der Waals surface area contributed by atoms with E-state index in [1.54, 1.807) is 0 Å². The highest BCUT2D eigenvalue weighted by Crippen LogP contribution is 2.37. The molecule has 0 saturated heterocycles. The number of aromatic nitrogens is 1. The van der Waals surface area contributed by atoms with Gasteiger partial charge in [-0.05, 0) is 53.1 Å². The van der Waals surface area contributed by atoms with Crippen LogP contribution in [0.1, 0.15) is 11.1 Å². The number of benzene rings is 4. The van der Waals surface area contributed by atoms with Crippen LogP contribution in [0.15, 0.2) is 131 Å². The Bertz CT molecular complexity index is 1740. The van der Waals surface area contributed by atoms with Gasteiger partial charge in [-0.2, -0.15) is 0 Å². The Kier molecular flexibility index (Phi) is 7.09. The second-order valence-electron chi connectivity index (χ2n) is 10.6. The Hall–Kier alpha value is -5.16. The molecule has 0 radical (unpaired) electrons. The third-order valence-corrected chi connectivity index (χ3v) is 7.31. The molecule has 41 heavy (non-hydrogen) atoms. The van der Waals surface area contributed by atoms with Gasteiger partial charge in [0.2, 0.25) is 0 Å². The molecular weight excluding hydrogens is 502 g/mol. The summed E-state index contributed by atoms with van der Waals surface area (Å²) in [6.45, 7) is 0. The number of anilines is 2. The number of aliphatic imine (C=N–C) groups is 2. The minimum atomic E-state index is 0.691. The monoisotopic (exact) mass is 535 g/mol. The zero-order valence-electron chi connectivity index (χ0n) is 23.8. The Balaban J connectivity index is 1.47. The van der Waals surface area contributed by atoms with Crippen LogP contribution in [0, 0.1) is 0 Å². The van der Waals surface area contributed by atoms with Crippen molar-refractivity contribution < 1.29 is 0 Å². The number of rotatable bonds is 7. The van der Waals surface area contributed by atoms with Crippen molar-refractivity contribution in [3.8, 4) is 22.4 Å². The van der Waals surface area contributed by atoms with Crippen molar-refractivity contribution in [3.63, 3.8) is 0 Å². The van der Waals surface area contributed by atoms with Crippen molar-refractivity contribution in [2.24, 2.45) is 9.98 Å². The maximum absolute atomic E-state index is 5.19. The smallest absolute Gasteiger partial charge is 0.162 e. The molecule has 0 amide bonds. The molecular formula is C36H33N5. The summed E-state index contributed by atoms with van der Waals surface area (Å²) in [5, 5.41) is 0. The standard InChI is InChI=1S/C36H33N5/c1-40(2)29-19-15-27(16-20-29)33-23-31(25-11-7-5-8-12-25)35(37-33)39-36-32(26-13-9-6-10-14-26)24-34(38-36)28-17-21-30(22-18-28)41(3)4/h5-24,37H,1-4H3/b39-36-. The van der Waals surface area contributed by atoms with E-state index < -0.39 is 0 Å². The molecule has 6 rings (SSSR count). The summed E-state index contributed by atoms with van der Waals surface area (Å²) in [6, 6.07) is 40.0. The van der Waals surface area contributed by atoms with Crippen molar-refractivity contribution in [3.05, 3.63) is 132 Å². The van der Waals surface area contributed by atoms with Gasteiger partial charge in [0.25, 0.3) is 0 Å².